The molecule has 0 spiro atoms. The summed E-state index contributed by atoms with van der Waals surface area (Å²) in [5, 5.41) is 0. The van der Waals surface area contributed by atoms with Crippen molar-refractivity contribution in [2.75, 3.05) is 6.54 Å². The second-order valence-corrected chi connectivity index (χ2v) is 2.21. The van der Waals surface area contributed by atoms with E-state index in [4.69, 9.17) is 23.2 Å². The summed E-state index contributed by atoms with van der Waals surface area (Å²) in [5.74, 6) is 0. The molecule has 0 aromatic rings. The third kappa shape index (κ3) is 4.47. The fourth-order valence-electron chi connectivity index (χ4n) is 0. The molecule has 0 aliphatic heterocycles. The minimum absolute atomic E-state index is 0.365. The van der Waals surface area contributed by atoms with Gasteiger partial charge in [0.05, 0.1) is 6.54 Å². The first-order chi connectivity index (χ1) is 2.56. The lowest BCUT2D eigenvalue weighted by molar-refractivity contribution is 0.401. The molecule has 0 radical (unpaired) electrons. The second-order valence-electron chi connectivity index (χ2n) is 0.819. The Kier molecular flexibility index (Phi) is 2.11. The second kappa shape index (κ2) is 1.96. The third-order valence-corrected chi connectivity index (χ3v) is 0.540. The van der Waals surface area contributed by atoms with Crippen LogP contribution < -0.4 is 5.73 Å². The van der Waals surface area contributed by atoms with Crippen molar-refractivity contribution in [2.45, 2.75) is 4.59 Å². The van der Waals surface area contributed by atoms with Gasteiger partial charge >= 0.3 is 0 Å². The Balaban J connectivity index is 3.17. The molecule has 0 unspecified atom stereocenters. The van der Waals surface area contributed by atoms with Crippen LogP contribution in [-0.2, 0) is 0 Å². The van der Waals surface area contributed by atoms with Gasteiger partial charge in [-0.3, -0.25) is 0 Å². The predicted octanol–water partition coefficient (Wildman–Crippen LogP) is 1.05. The Bertz CT molecular complexity index is 41.3. The van der Waals surface area contributed by atoms with Gasteiger partial charge in [0.15, 0.2) is 0 Å². The summed E-state index contributed by atoms with van der Waals surface area (Å²) in [4.78, 5) is 0. The molecule has 0 aliphatic rings. The lowest BCUT2D eigenvalue weighted by Gasteiger charge is -2.00. The molecule has 0 aliphatic carbocycles. The number of alkyl halides is 3. The van der Waals surface area contributed by atoms with Crippen LogP contribution in [0.5, 0.6) is 0 Å². The molecule has 4 heteroatoms. The smallest absolute Gasteiger partial charge is 0.269 e. The van der Waals surface area contributed by atoms with Crippen molar-refractivity contribution in [1.29, 1.82) is 0 Å². The number of hydrogen-bond acceptors (Lipinski definition) is 1. The van der Waals surface area contributed by atoms with Gasteiger partial charge in [0.2, 0.25) is 0 Å². The topological polar surface area (TPSA) is 26.0 Å². The lowest BCUT2D eigenvalue weighted by Crippen LogP contribution is -2.18. The van der Waals surface area contributed by atoms with Crippen molar-refractivity contribution in [3.63, 3.8) is 0 Å². The zero-order valence-electron chi connectivity index (χ0n) is 2.92. The zero-order valence-corrected chi connectivity index (χ0v) is 4.43. The van der Waals surface area contributed by atoms with Crippen LogP contribution in [0.4, 0.5) is 4.39 Å². The molecule has 0 saturated carbocycles. The van der Waals surface area contributed by atoms with Crippen LogP contribution in [0.2, 0.25) is 0 Å². The highest BCUT2D eigenvalue weighted by Gasteiger charge is 2.17. The molecule has 1 nitrogen and oxygen atoms in total. The van der Waals surface area contributed by atoms with Gasteiger partial charge in [0, 0.05) is 0 Å². The van der Waals surface area contributed by atoms with Crippen LogP contribution in [-0.4, -0.2) is 11.1 Å². The molecule has 0 rings (SSSR count). The summed E-state index contributed by atoms with van der Waals surface area (Å²) in [7, 11) is 0. The van der Waals surface area contributed by atoms with Gasteiger partial charge in [-0.05, 0) is 0 Å². The monoisotopic (exact) mass is 131 g/mol. The minimum atomic E-state index is -2.24. The van der Waals surface area contributed by atoms with Crippen molar-refractivity contribution in [2.24, 2.45) is 5.73 Å². The van der Waals surface area contributed by atoms with Gasteiger partial charge in [0.1, 0.15) is 0 Å². The van der Waals surface area contributed by atoms with Crippen LogP contribution in [0.25, 0.3) is 0 Å². The molecular weight excluding hydrogens is 128 g/mol. The SMILES string of the molecule is NCC(F)(Cl)Cl. The van der Waals surface area contributed by atoms with Crippen molar-refractivity contribution in [1.82, 2.24) is 0 Å². The van der Waals surface area contributed by atoms with E-state index in [9.17, 15) is 4.39 Å². The van der Waals surface area contributed by atoms with Crippen molar-refractivity contribution < 1.29 is 4.39 Å². The summed E-state index contributed by atoms with van der Waals surface area (Å²) >= 11 is 9.38. The van der Waals surface area contributed by atoms with E-state index in [1.807, 2.05) is 0 Å². The molecule has 2 N–H and O–H groups in total. The Labute approximate surface area is 45.2 Å². The van der Waals surface area contributed by atoms with Crippen LogP contribution in [0.1, 0.15) is 0 Å². The maximum Gasteiger partial charge on any atom is 0.269 e. The quantitative estimate of drug-likeness (QED) is 0.530. The number of nitrogens with two attached hydrogens (primary N) is 1. The number of hydrogen-bond donors (Lipinski definition) is 1. The van der Waals surface area contributed by atoms with Crippen LogP contribution in [0.3, 0.4) is 0 Å². The summed E-state index contributed by atoms with van der Waals surface area (Å²) < 4.78 is 9.29. The molecule has 0 fully saturated rings. The first-order valence-corrected chi connectivity index (χ1v) is 2.08. The fourth-order valence-corrected chi connectivity index (χ4v) is 0. The number of rotatable bonds is 1. The molecule has 0 saturated heterocycles. The summed E-state index contributed by atoms with van der Waals surface area (Å²) in [6, 6.07) is 0. The van der Waals surface area contributed by atoms with E-state index in [0.29, 0.717) is 0 Å². The number of halogens is 3. The van der Waals surface area contributed by atoms with Crippen molar-refractivity contribution in [3.8, 4) is 0 Å². The molecule has 0 heterocycles. The largest absolute Gasteiger partial charge is 0.325 e. The third-order valence-electron chi connectivity index (χ3n) is 0.231. The van der Waals surface area contributed by atoms with Gasteiger partial charge in [-0.15, -0.1) is 0 Å². The van der Waals surface area contributed by atoms with E-state index in [0.717, 1.165) is 0 Å². The van der Waals surface area contributed by atoms with E-state index in [1.54, 1.807) is 0 Å². The maximum atomic E-state index is 11.5. The Morgan fingerprint density at radius 1 is 1.67 bits per heavy atom. The van der Waals surface area contributed by atoms with Gasteiger partial charge in [0.25, 0.3) is 4.59 Å². The van der Waals surface area contributed by atoms with Gasteiger partial charge < -0.3 is 5.73 Å². The molecule has 0 aromatic carbocycles. The lowest BCUT2D eigenvalue weighted by atomic mass is 10.8. The first-order valence-electron chi connectivity index (χ1n) is 1.33. The summed E-state index contributed by atoms with van der Waals surface area (Å²) in [6.07, 6.45) is 0. The Morgan fingerprint density at radius 3 is 1.83 bits per heavy atom. The molecule has 6 heavy (non-hydrogen) atoms. The van der Waals surface area contributed by atoms with E-state index in [1.165, 1.54) is 0 Å². The highest BCUT2D eigenvalue weighted by Crippen LogP contribution is 2.19. The van der Waals surface area contributed by atoms with Gasteiger partial charge in [-0.25, -0.2) is 4.39 Å². The Hall–Kier alpha value is 0.470. The van der Waals surface area contributed by atoms with Crippen molar-refractivity contribution >= 4 is 23.2 Å². The van der Waals surface area contributed by atoms with Crippen LogP contribution >= 0.6 is 23.2 Å². The maximum absolute atomic E-state index is 11.5. The molecule has 0 amide bonds. The Morgan fingerprint density at radius 2 is 1.83 bits per heavy atom. The van der Waals surface area contributed by atoms with E-state index in [-0.39, 0.29) is 6.54 Å². The molecule has 0 bridgehead atoms. The average Bonchev–Trinajstić information content (AvgIpc) is 1.35. The summed E-state index contributed by atoms with van der Waals surface area (Å²) in [6.45, 7) is -0.365. The molecule has 0 atom stereocenters. The fraction of sp³-hybridized carbons (Fsp3) is 1.00. The minimum Gasteiger partial charge on any atom is -0.325 e. The average molecular weight is 132 g/mol. The normalized spacial score (nSPS) is 12.0. The summed E-state index contributed by atoms with van der Waals surface area (Å²) in [5.41, 5.74) is 4.67. The van der Waals surface area contributed by atoms with E-state index < -0.39 is 4.59 Å². The zero-order chi connectivity index (χ0) is 5.21. The highest BCUT2D eigenvalue weighted by molar-refractivity contribution is 6.47. The first kappa shape index (κ1) is 6.47. The highest BCUT2D eigenvalue weighted by atomic mass is 35.5. The van der Waals surface area contributed by atoms with Gasteiger partial charge in [-0.1, -0.05) is 23.2 Å². The standard InChI is InChI=1S/C2H4Cl2FN/c3-2(4,5)1-6/h1,6H2. The van der Waals surface area contributed by atoms with E-state index in [2.05, 4.69) is 5.73 Å². The molecule has 0 aromatic heterocycles. The van der Waals surface area contributed by atoms with Gasteiger partial charge in [-0.2, -0.15) is 0 Å². The van der Waals surface area contributed by atoms with Crippen molar-refractivity contribution in [3.05, 3.63) is 0 Å². The van der Waals surface area contributed by atoms with Crippen LogP contribution in [0, 0.1) is 0 Å². The molecular formula is C2H4Cl2FN. The van der Waals surface area contributed by atoms with Crippen LogP contribution in [0.15, 0.2) is 0 Å². The van der Waals surface area contributed by atoms with E-state index >= 15 is 0 Å². The predicted molar refractivity (Wildman–Crippen MR) is 24.6 cm³/mol. The molecule has 38 valence electrons.